The summed E-state index contributed by atoms with van der Waals surface area (Å²) < 4.78 is 0. The molecule has 0 aliphatic carbocycles. The lowest BCUT2D eigenvalue weighted by molar-refractivity contribution is 0.585. The number of hydrogen-bond acceptors (Lipinski definition) is 5. The number of piperazine rings is 1. The molecule has 1 aromatic rings. The minimum atomic E-state index is 0.463. The molecule has 0 amide bonds. The second-order valence-corrected chi connectivity index (χ2v) is 4.42. The third-order valence-corrected chi connectivity index (χ3v) is 3.04. The normalized spacial score (nSPS) is 14.2. The van der Waals surface area contributed by atoms with Gasteiger partial charge in [-0.3, -0.25) is 0 Å². The average molecular weight is 269 g/mol. The van der Waals surface area contributed by atoms with Gasteiger partial charge in [0.2, 0.25) is 0 Å². The summed E-state index contributed by atoms with van der Waals surface area (Å²) in [5.41, 5.74) is 0.955. The second-order valence-electron chi connectivity index (χ2n) is 4.42. The lowest BCUT2D eigenvalue weighted by atomic mass is 10.3. The van der Waals surface area contributed by atoms with Crippen molar-refractivity contribution in [2.75, 3.05) is 54.8 Å². The fourth-order valence-corrected chi connectivity index (χ4v) is 2.09. The van der Waals surface area contributed by atoms with E-state index in [1.807, 2.05) is 12.1 Å². The first-order valence-corrected chi connectivity index (χ1v) is 6.66. The fourth-order valence-electron chi connectivity index (χ4n) is 2.09. The molecule has 0 unspecified atom stereocenters. The first-order chi connectivity index (χ1) is 9.85. The van der Waals surface area contributed by atoms with Gasteiger partial charge >= 0.3 is 0 Å². The van der Waals surface area contributed by atoms with Crippen molar-refractivity contribution in [3.05, 3.63) is 12.1 Å². The van der Waals surface area contributed by atoms with Crippen molar-refractivity contribution in [2.45, 2.75) is 0 Å². The summed E-state index contributed by atoms with van der Waals surface area (Å²) in [5.74, 6) is 6.83. The highest BCUT2D eigenvalue weighted by Crippen LogP contribution is 2.25. The molecule has 5 heteroatoms. The van der Waals surface area contributed by atoms with E-state index in [1.54, 1.807) is 0 Å². The predicted molar refractivity (Wildman–Crippen MR) is 84.0 cm³/mol. The largest absolute Gasteiger partial charge is 0.371 e. The Morgan fingerprint density at radius 2 is 1.85 bits per heavy atom. The molecule has 2 heterocycles. The maximum absolute atomic E-state index is 5.31. The number of nitrogens with zero attached hydrogens (tertiary/aromatic N) is 2. The Balaban J connectivity index is 2.22. The number of terminal acetylenes is 2. The van der Waals surface area contributed by atoms with Crippen LogP contribution in [-0.2, 0) is 0 Å². The fraction of sp³-hybridized carbons (Fsp3) is 0.400. The first-order valence-electron chi connectivity index (χ1n) is 6.66. The van der Waals surface area contributed by atoms with Crippen molar-refractivity contribution in [3.63, 3.8) is 0 Å². The van der Waals surface area contributed by atoms with Gasteiger partial charge in [0.15, 0.2) is 5.82 Å². The Morgan fingerprint density at radius 1 is 1.15 bits per heavy atom. The van der Waals surface area contributed by atoms with Gasteiger partial charge in [0.25, 0.3) is 0 Å². The minimum absolute atomic E-state index is 0.463. The molecule has 0 radical (unpaired) electrons. The van der Waals surface area contributed by atoms with Gasteiger partial charge in [-0.05, 0) is 12.1 Å². The summed E-state index contributed by atoms with van der Waals surface area (Å²) >= 11 is 0. The minimum Gasteiger partial charge on any atom is -0.371 e. The van der Waals surface area contributed by atoms with Crippen LogP contribution in [-0.4, -0.2) is 44.3 Å². The summed E-state index contributed by atoms with van der Waals surface area (Å²) in [4.78, 5) is 6.89. The van der Waals surface area contributed by atoms with Crippen molar-refractivity contribution in [1.29, 1.82) is 0 Å². The monoisotopic (exact) mass is 269 g/mol. The van der Waals surface area contributed by atoms with Gasteiger partial charge < -0.3 is 20.9 Å². The first kappa shape index (κ1) is 14.0. The van der Waals surface area contributed by atoms with E-state index in [-0.39, 0.29) is 0 Å². The van der Waals surface area contributed by atoms with Crippen LogP contribution in [0.2, 0.25) is 0 Å². The van der Waals surface area contributed by atoms with Crippen LogP contribution in [0.5, 0.6) is 0 Å². The van der Waals surface area contributed by atoms with Gasteiger partial charge in [-0.1, -0.05) is 11.8 Å². The molecule has 0 saturated carbocycles. The smallest absolute Gasteiger partial charge is 0.154 e. The number of pyridine rings is 1. The number of hydrogen-bond donors (Lipinski definition) is 3. The molecule has 5 nitrogen and oxygen atoms in total. The Hall–Kier alpha value is -2.37. The number of nitrogens with one attached hydrogen (secondary N) is 3. The molecule has 1 saturated heterocycles. The molecule has 1 aliphatic heterocycles. The quantitative estimate of drug-likeness (QED) is 0.683. The zero-order valence-corrected chi connectivity index (χ0v) is 11.4. The topological polar surface area (TPSA) is 52.2 Å². The molecule has 1 fully saturated rings. The highest BCUT2D eigenvalue weighted by Gasteiger charge is 2.16. The van der Waals surface area contributed by atoms with E-state index in [0.717, 1.165) is 43.5 Å². The molecule has 2 rings (SSSR count). The van der Waals surface area contributed by atoms with Crippen LogP contribution >= 0.6 is 0 Å². The highest BCUT2D eigenvalue weighted by molar-refractivity contribution is 5.69. The third kappa shape index (κ3) is 3.57. The van der Waals surface area contributed by atoms with Gasteiger partial charge in [-0.15, -0.1) is 12.8 Å². The van der Waals surface area contributed by atoms with E-state index in [2.05, 4.69) is 37.7 Å². The van der Waals surface area contributed by atoms with Crippen molar-refractivity contribution in [2.24, 2.45) is 0 Å². The molecule has 1 aromatic heterocycles. The summed E-state index contributed by atoms with van der Waals surface area (Å²) in [6.45, 7) is 4.71. The Labute approximate surface area is 120 Å². The van der Waals surface area contributed by atoms with Crippen LogP contribution < -0.4 is 20.9 Å². The summed E-state index contributed by atoms with van der Waals surface area (Å²) in [6.07, 6.45) is 10.6. The van der Waals surface area contributed by atoms with E-state index in [1.165, 1.54) is 0 Å². The number of aromatic nitrogens is 1. The molecule has 3 N–H and O–H groups in total. The predicted octanol–water partition coefficient (Wildman–Crippen LogP) is 0.581. The lowest BCUT2D eigenvalue weighted by Crippen LogP contribution is -2.44. The highest BCUT2D eigenvalue weighted by atomic mass is 15.3. The maximum Gasteiger partial charge on any atom is 0.154 e. The molecule has 0 atom stereocenters. The summed E-state index contributed by atoms with van der Waals surface area (Å²) in [7, 11) is 0. The van der Waals surface area contributed by atoms with E-state index in [9.17, 15) is 0 Å². The van der Waals surface area contributed by atoms with Gasteiger partial charge in [0, 0.05) is 26.2 Å². The number of rotatable bonds is 5. The zero-order valence-electron chi connectivity index (χ0n) is 11.4. The van der Waals surface area contributed by atoms with Crippen molar-refractivity contribution >= 4 is 17.3 Å². The van der Waals surface area contributed by atoms with Crippen molar-refractivity contribution in [3.8, 4) is 24.7 Å². The third-order valence-electron chi connectivity index (χ3n) is 3.04. The standard InChI is InChI=1S/C15H19N5/c1-3-7-17-13-5-6-14(18-8-4-2)19-15(13)20-11-9-16-10-12-20/h1-2,5-6,16-17H,7-12H2,(H,18,19). The number of anilines is 3. The van der Waals surface area contributed by atoms with E-state index >= 15 is 0 Å². The van der Waals surface area contributed by atoms with Crippen LogP contribution in [0, 0.1) is 24.7 Å². The molecular weight excluding hydrogens is 250 g/mol. The molecule has 0 spiro atoms. The maximum atomic E-state index is 5.31. The van der Waals surface area contributed by atoms with Crippen LogP contribution in [0.15, 0.2) is 12.1 Å². The average Bonchev–Trinajstić information content (AvgIpc) is 2.52. The van der Waals surface area contributed by atoms with Crippen molar-refractivity contribution < 1.29 is 0 Å². The van der Waals surface area contributed by atoms with Gasteiger partial charge in [-0.2, -0.15) is 0 Å². The molecule has 1 aliphatic rings. The SMILES string of the molecule is C#CCNc1ccc(NCC#C)c(N2CCNCC2)n1. The van der Waals surface area contributed by atoms with Crippen LogP contribution in [0.4, 0.5) is 17.3 Å². The summed E-state index contributed by atoms with van der Waals surface area (Å²) in [6, 6.07) is 3.89. The van der Waals surface area contributed by atoms with Gasteiger partial charge in [0.1, 0.15) is 5.82 Å². The van der Waals surface area contributed by atoms with E-state index < -0.39 is 0 Å². The Bertz CT molecular complexity index is 520. The van der Waals surface area contributed by atoms with E-state index in [4.69, 9.17) is 12.8 Å². The Morgan fingerprint density at radius 3 is 2.55 bits per heavy atom. The Kier molecular flexibility index (Phi) is 5.11. The second kappa shape index (κ2) is 7.28. The van der Waals surface area contributed by atoms with Gasteiger partial charge in [-0.25, -0.2) is 4.98 Å². The molecular formula is C15H19N5. The van der Waals surface area contributed by atoms with Crippen LogP contribution in [0.3, 0.4) is 0 Å². The van der Waals surface area contributed by atoms with Crippen LogP contribution in [0.1, 0.15) is 0 Å². The zero-order chi connectivity index (χ0) is 14.2. The molecule has 0 bridgehead atoms. The van der Waals surface area contributed by atoms with Crippen molar-refractivity contribution in [1.82, 2.24) is 10.3 Å². The molecule has 0 aromatic carbocycles. The van der Waals surface area contributed by atoms with E-state index in [0.29, 0.717) is 13.1 Å². The molecule has 104 valence electrons. The summed E-state index contributed by atoms with van der Waals surface area (Å²) in [5, 5.41) is 9.65. The van der Waals surface area contributed by atoms with Crippen LogP contribution in [0.25, 0.3) is 0 Å². The molecule has 20 heavy (non-hydrogen) atoms. The van der Waals surface area contributed by atoms with Gasteiger partial charge in [0.05, 0.1) is 18.8 Å². The lowest BCUT2D eigenvalue weighted by Gasteiger charge is -2.30.